The molecule has 0 saturated heterocycles. The zero-order valence-electron chi connectivity index (χ0n) is 6.56. The first-order valence-corrected chi connectivity index (χ1v) is 6.06. The van der Waals surface area contributed by atoms with Crippen LogP contribution in [0.2, 0.25) is 0 Å². The van der Waals surface area contributed by atoms with Gasteiger partial charge in [-0.05, 0) is 12.1 Å². The second-order valence-corrected chi connectivity index (χ2v) is 5.70. The summed E-state index contributed by atoms with van der Waals surface area (Å²) < 4.78 is 9.97. The summed E-state index contributed by atoms with van der Waals surface area (Å²) in [5.74, 6) is 0. The van der Waals surface area contributed by atoms with Gasteiger partial charge in [0, 0.05) is 14.2 Å². The summed E-state index contributed by atoms with van der Waals surface area (Å²) in [5.41, 5.74) is 1.81. The van der Waals surface area contributed by atoms with E-state index >= 15 is 0 Å². The van der Waals surface area contributed by atoms with Crippen molar-refractivity contribution in [2.24, 2.45) is 0 Å². The molecule has 0 aliphatic rings. The molecule has 0 unspecified atom stereocenters. The van der Waals surface area contributed by atoms with E-state index in [4.69, 9.17) is 19.9 Å². The van der Waals surface area contributed by atoms with E-state index in [0.29, 0.717) is 0 Å². The van der Waals surface area contributed by atoms with Crippen molar-refractivity contribution < 1.29 is 8.85 Å². The fourth-order valence-corrected chi connectivity index (χ4v) is 1.70. The van der Waals surface area contributed by atoms with Crippen molar-refractivity contribution in [3.63, 3.8) is 0 Å². The Balaban J connectivity index is 3.92. The Hall–Kier alpha value is 0.167. The molecule has 0 aliphatic carbocycles. The molecule has 0 rings (SSSR count). The summed E-state index contributed by atoms with van der Waals surface area (Å²) in [5, 5.41) is 0. The molecule has 60 valence electrons. The minimum atomic E-state index is -2.43. The van der Waals surface area contributed by atoms with Gasteiger partial charge in [-0.25, -0.2) is 0 Å². The topological polar surface area (TPSA) is 18.5 Å². The van der Waals surface area contributed by atoms with Gasteiger partial charge in [0.2, 0.25) is 0 Å². The molecule has 0 spiro atoms. The lowest BCUT2D eigenvalue weighted by Gasteiger charge is -2.14. The highest BCUT2D eigenvalue weighted by molar-refractivity contribution is 7.15. The standard InChI is InChI=1S/C6H13ClO2Si/c1-4-5-6-10(7,8-2)9-3/h5-6H,4H2,1-3H3. The largest absolute Gasteiger partial charge is 0.469 e. The highest BCUT2D eigenvalue weighted by atomic mass is 35.6. The van der Waals surface area contributed by atoms with E-state index in [1.54, 1.807) is 14.2 Å². The van der Waals surface area contributed by atoms with Crippen LogP contribution in [0.3, 0.4) is 0 Å². The number of allylic oxidation sites excluding steroid dienone is 1. The average Bonchev–Trinajstić information content (AvgIpc) is 2.00. The average molecular weight is 181 g/mol. The summed E-state index contributed by atoms with van der Waals surface area (Å²) in [6.07, 6.45) is 2.90. The van der Waals surface area contributed by atoms with Crippen molar-refractivity contribution in [3.05, 3.63) is 11.8 Å². The molecule has 0 radical (unpaired) electrons. The molecule has 0 aliphatic heterocycles. The van der Waals surface area contributed by atoms with Crippen LogP contribution in [0.15, 0.2) is 11.8 Å². The molecule has 0 heterocycles. The molecule has 0 aromatic carbocycles. The molecule has 0 atom stereocenters. The van der Waals surface area contributed by atoms with Crippen LogP contribution in [0.25, 0.3) is 0 Å². The zero-order valence-corrected chi connectivity index (χ0v) is 8.31. The Morgan fingerprint density at radius 2 is 1.90 bits per heavy atom. The maximum atomic E-state index is 5.89. The van der Waals surface area contributed by atoms with Crippen LogP contribution in [0.1, 0.15) is 13.3 Å². The molecule has 0 aromatic rings. The Labute approximate surface area is 67.7 Å². The van der Waals surface area contributed by atoms with Crippen molar-refractivity contribution in [1.29, 1.82) is 0 Å². The van der Waals surface area contributed by atoms with E-state index in [1.165, 1.54) is 0 Å². The summed E-state index contributed by atoms with van der Waals surface area (Å²) in [7, 11) is 0.690. The third kappa shape index (κ3) is 3.36. The van der Waals surface area contributed by atoms with E-state index in [-0.39, 0.29) is 0 Å². The molecule has 0 bridgehead atoms. The lowest BCUT2D eigenvalue weighted by atomic mass is 10.5. The predicted molar refractivity (Wildman–Crippen MR) is 45.1 cm³/mol. The van der Waals surface area contributed by atoms with Crippen LogP contribution < -0.4 is 0 Å². The van der Waals surface area contributed by atoms with Crippen molar-refractivity contribution in [2.75, 3.05) is 14.2 Å². The van der Waals surface area contributed by atoms with Gasteiger partial charge >= 0.3 is 7.87 Å². The molecule has 0 aromatic heterocycles. The van der Waals surface area contributed by atoms with Crippen LogP contribution in [-0.2, 0) is 8.85 Å². The molecule has 0 N–H and O–H groups in total. The Morgan fingerprint density at radius 1 is 1.40 bits per heavy atom. The fraction of sp³-hybridized carbons (Fsp3) is 0.667. The summed E-state index contributed by atoms with van der Waals surface area (Å²) in [4.78, 5) is 0. The van der Waals surface area contributed by atoms with E-state index in [0.717, 1.165) is 6.42 Å². The van der Waals surface area contributed by atoms with Gasteiger partial charge in [-0.1, -0.05) is 24.1 Å². The lowest BCUT2D eigenvalue weighted by molar-refractivity contribution is 0.279. The summed E-state index contributed by atoms with van der Waals surface area (Å²) in [6, 6.07) is 0. The molecular weight excluding hydrogens is 168 g/mol. The Morgan fingerprint density at radius 3 is 2.20 bits per heavy atom. The SMILES string of the molecule is CCC=C[Si](Cl)(OC)OC. The zero-order chi connectivity index (χ0) is 8.04. The third-order valence-electron chi connectivity index (χ3n) is 1.11. The molecular formula is C6H13ClO2Si. The second kappa shape index (κ2) is 4.90. The number of rotatable bonds is 4. The van der Waals surface area contributed by atoms with Crippen LogP contribution in [0.4, 0.5) is 0 Å². The van der Waals surface area contributed by atoms with Crippen molar-refractivity contribution in [3.8, 4) is 0 Å². The van der Waals surface area contributed by atoms with E-state index < -0.39 is 7.87 Å². The first-order valence-electron chi connectivity index (χ1n) is 3.15. The summed E-state index contributed by atoms with van der Waals surface area (Å²) >= 11 is 5.89. The van der Waals surface area contributed by atoms with Gasteiger partial charge < -0.3 is 8.85 Å². The van der Waals surface area contributed by atoms with Crippen molar-refractivity contribution in [2.45, 2.75) is 13.3 Å². The Kier molecular flexibility index (Phi) is 4.98. The van der Waals surface area contributed by atoms with Gasteiger partial charge in [0.15, 0.2) is 0 Å². The minimum Gasteiger partial charge on any atom is -0.383 e. The fourth-order valence-electron chi connectivity index (χ4n) is 0.478. The molecule has 2 nitrogen and oxygen atoms in total. The normalized spacial score (nSPS) is 12.8. The second-order valence-electron chi connectivity index (χ2n) is 1.80. The quantitative estimate of drug-likeness (QED) is 0.487. The number of hydrogen-bond donors (Lipinski definition) is 0. The highest BCUT2D eigenvalue weighted by Crippen LogP contribution is 2.11. The maximum Gasteiger partial charge on any atom is 0.469 e. The third-order valence-corrected chi connectivity index (χ3v) is 4.16. The monoisotopic (exact) mass is 180 g/mol. The smallest absolute Gasteiger partial charge is 0.383 e. The van der Waals surface area contributed by atoms with E-state index in [2.05, 4.69) is 0 Å². The number of hydrogen-bond acceptors (Lipinski definition) is 2. The van der Waals surface area contributed by atoms with Crippen LogP contribution in [-0.4, -0.2) is 22.1 Å². The van der Waals surface area contributed by atoms with Gasteiger partial charge in [-0.15, -0.1) is 0 Å². The van der Waals surface area contributed by atoms with Crippen LogP contribution in [0, 0.1) is 0 Å². The van der Waals surface area contributed by atoms with Gasteiger partial charge in [0.1, 0.15) is 0 Å². The van der Waals surface area contributed by atoms with Gasteiger partial charge in [-0.2, -0.15) is 0 Å². The van der Waals surface area contributed by atoms with Crippen LogP contribution in [0.5, 0.6) is 0 Å². The first kappa shape index (κ1) is 10.2. The van der Waals surface area contributed by atoms with Crippen molar-refractivity contribution in [1.82, 2.24) is 0 Å². The predicted octanol–water partition coefficient (Wildman–Crippen LogP) is 1.96. The highest BCUT2D eigenvalue weighted by Gasteiger charge is 2.28. The van der Waals surface area contributed by atoms with Gasteiger partial charge in [-0.3, -0.25) is 0 Å². The number of halogens is 1. The molecule has 4 heteroatoms. The molecule has 0 fully saturated rings. The lowest BCUT2D eigenvalue weighted by Crippen LogP contribution is -2.30. The van der Waals surface area contributed by atoms with E-state index in [1.807, 2.05) is 18.7 Å². The maximum absolute atomic E-state index is 5.89. The van der Waals surface area contributed by atoms with E-state index in [9.17, 15) is 0 Å². The first-order chi connectivity index (χ1) is 4.68. The van der Waals surface area contributed by atoms with Crippen LogP contribution >= 0.6 is 11.1 Å². The van der Waals surface area contributed by atoms with Gasteiger partial charge in [0.25, 0.3) is 0 Å². The molecule has 0 amide bonds. The minimum absolute atomic E-state index is 0.953. The Bertz CT molecular complexity index is 112. The van der Waals surface area contributed by atoms with Gasteiger partial charge in [0.05, 0.1) is 0 Å². The molecule has 0 saturated carbocycles. The summed E-state index contributed by atoms with van der Waals surface area (Å²) in [6.45, 7) is 2.04. The van der Waals surface area contributed by atoms with Crippen molar-refractivity contribution >= 4 is 18.9 Å². The molecule has 10 heavy (non-hydrogen) atoms.